The van der Waals surface area contributed by atoms with E-state index in [1.807, 2.05) is 0 Å². The number of hydrogen-bond donors (Lipinski definition) is 0. The van der Waals surface area contributed by atoms with Crippen LogP contribution in [-0.4, -0.2) is 0 Å². The van der Waals surface area contributed by atoms with Crippen LogP contribution in [0.1, 0.15) is 25.0 Å². The van der Waals surface area contributed by atoms with Crippen molar-refractivity contribution in [3.8, 4) is 55.6 Å². The van der Waals surface area contributed by atoms with E-state index in [2.05, 4.69) is 231 Å². The molecule has 0 spiro atoms. The molecule has 0 radical (unpaired) electrons. The topological polar surface area (TPSA) is 16.4 Å². The summed E-state index contributed by atoms with van der Waals surface area (Å²) in [7, 11) is 0. The molecule has 280 valence electrons. The second-order valence-electron chi connectivity index (χ2n) is 16.1. The van der Waals surface area contributed by atoms with Gasteiger partial charge < -0.3 is 9.32 Å². The lowest BCUT2D eigenvalue weighted by atomic mass is 9.81. The summed E-state index contributed by atoms with van der Waals surface area (Å²) in [4.78, 5) is 2.47. The lowest BCUT2D eigenvalue weighted by molar-refractivity contribution is 0.647. The lowest BCUT2D eigenvalue weighted by Gasteiger charge is -2.30. The van der Waals surface area contributed by atoms with Crippen LogP contribution in [0, 0.1) is 0 Å². The average Bonchev–Trinajstić information content (AvgIpc) is 3.79. The third-order valence-electron chi connectivity index (χ3n) is 12.3. The van der Waals surface area contributed by atoms with Gasteiger partial charge in [0.2, 0.25) is 0 Å². The van der Waals surface area contributed by atoms with Crippen molar-refractivity contribution in [3.63, 3.8) is 0 Å². The second kappa shape index (κ2) is 13.9. The van der Waals surface area contributed by atoms with Gasteiger partial charge in [-0.15, -0.1) is 0 Å². The van der Waals surface area contributed by atoms with E-state index < -0.39 is 0 Å². The maximum Gasteiger partial charge on any atom is 0.137 e. The molecule has 1 aromatic heterocycles. The number of hydrogen-bond acceptors (Lipinski definition) is 2. The van der Waals surface area contributed by atoms with Gasteiger partial charge in [0.1, 0.15) is 11.2 Å². The molecular formula is C57H41NO. The van der Waals surface area contributed by atoms with Gasteiger partial charge in [0.05, 0.1) is 11.1 Å². The van der Waals surface area contributed by atoms with Crippen LogP contribution in [-0.2, 0) is 5.41 Å². The molecular weight excluding hydrogens is 715 g/mol. The van der Waals surface area contributed by atoms with Crippen LogP contribution in [0.4, 0.5) is 17.1 Å². The first-order chi connectivity index (χ1) is 29.0. The number of benzene rings is 9. The van der Waals surface area contributed by atoms with Crippen molar-refractivity contribution < 1.29 is 4.42 Å². The predicted octanol–water partition coefficient (Wildman–Crippen LogP) is 16.0. The summed E-state index contributed by atoms with van der Waals surface area (Å²) >= 11 is 0. The van der Waals surface area contributed by atoms with Gasteiger partial charge in [-0.25, -0.2) is 0 Å². The third kappa shape index (κ3) is 5.87. The molecule has 0 saturated heterocycles. The van der Waals surface area contributed by atoms with Crippen LogP contribution >= 0.6 is 0 Å². The molecule has 0 fully saturated rings. The molecule has 0 aliphatic heterocycles. The summed E-state index contributed by atoms with van der Waals surface area (Å²) in [5, 5.41) is 2.22. The number of fused-ring (bicyclic) bond motifs is 6. The minimum absolute atomic E-state index is 0.299. The smallest absolute Gasteiger partial charge is 0.137 e. The van der Waals surface area contributed by atoms with Gasteiger partial charge in [-0.2, -0.15) is 0 Å². The van der Waals surface area contributed by atoms with Crippen LogP contribution in [0.2, 0.25) is 0 Å². The Hall–Kier alpha value is -7.42. The van der Waals surface area contributed by atoms with Gasteiger partial charge in [0, 0.05) is 27.7 Å². The molecule has 59 heavy (non-hydrogen) atoms. The van der Waals surface area contributed by atoms with E-state index in [1.165, 1.54) is 66.8 Å². The van der Waals surface area contributed by atoms with Crippen molar-refractivity contribution in [2.24, 2.45) is 0 Å². The standard InChI is InChI=1S/C57H41NO/c1-57(2)50-36-45(44-24-22-41(23-25-44)38-14-6-3-7-15-38)30-35-48(50)54-51(57)37-53-55(49-20-12-13-21-52(49)59-53)56(54)58(46-31-26-42(27-32-46)39-16-8-4-9-17-39)47-33-28-43(29-34-47)40-18-10-5-11-19-40/h3-37H,1-2H3. The third-order valence-corrected chi connectivity index (χ3v) is 12.3. The molecule has 2 nitrogen and oxygen atoms in total. The Morgan fingerprint density at radius 1 is 0.373 bits per heavy atom. The van der Waals surface area contributed by atoms with Crippen LogP contribution < -0.4 is 4.90 Å². The summed E-state index contributed by atoms with van der Waals surface area (Å²) < 4.78 is 6.80. The van der Waals surface area contributed by atoms with E-state index in [1.54, 1.807) is 0 Å². The Labute approximate surface area is 345 Å². The molecule has 1 aliphatic carbocycles. The fourth-order valence-corrected chi connectivity index (χ4v) is 9.22. The van der Waals surface area contributed by atoms with Crippen LogP contribution in [0.3, 0.4) is 0 Å². The summed E-state index contributed by atoms with van der Waals surface area (Å²) in [5.41, 5.74) is 19.5. The number of anilines is 3. The molecule has 11 rings (SSSR count). The van der Waals surface area contributed by atoms with E-state index >= 15 is 0 Å². The molecule has 2 heteroatoms. The van der Waals surface area contributed by atoms with Crippen LogP contribution in [0.5, 0.6) is 0 Å². The maximum atomic E-state index is 6.80. The lowest BCUT2D eigenvalue weighted by Crippen LogP contribution is -2.16. The zero-order chi connectivity index (χ0) is 39.5. The maximum absolute atomic E-state index is 6.80. The highest BCUT2D eigenvalue weighted by Crippen LogP contribution is 2.58. The second-order valence-corrected chi connectivity index (χ2v) is 16.1. The summed E-state index contributed by atoms with van der Waals surface area (Å²) in [6.07, 6.45) is 0. The van der Waals surface area contributed by atoms with E-state index in [0.717, 1.165) is 39.0 Å². The predicted molar refractivity (Wildman–Crippen MR) is 248 cm³/mol. The number of para-hydroxylation sites is 1. The highest BCUT2D eigenvalue weighted by Gasteiger charge is 2.40. The van der Waals surface area contributed by atoms with Crippen molar-refractivity contribution in [1.29, 1.82) is 0 Å². The normalized spacial score (nSPS) is 12.7. The highest BCUT2D eigenvalue weighted by molar-refractivity contribution is 6.19. The van der Waals surface area contributed by atoms with Crippen LogP contribution in [0.15, 0.2) is 217 Å². The van der Waals surface area contributed by atoms with Crippen LogP contribution in [0.25, 0.3) is 77.6 Å². The van der Waals surface area contributed by atoms with Gasteiger partial charge in [-0.1, -0.05) is 184 Å². The summed E-state index contributed by atoms with van der Waals surface area (Å²) in [5.74, 6) is 0. The van der Waals surface area contributed by atoms with Crippen molar-refractivity contribution in [2.75, 3.05) is 4.90 Å². The molecule has 0 N–H and O–H groups in total. The van der Waals surface area contributed by atoms with E-state index in [4.69, 9.17) is 4.42 Å². The first-order valence-corrected chi connectivity index (χ1v) is 20.4. The Morgan fingerprint density at radius 2 is 0.797 bits per heavy atom. The molecule has 0 saturated carbocycles. The molecule has 1 aliphatic rings. The Morgan fingerprint density at radius 3 is 1.32 bits per heavy atom. The van der Waals surface area contributed by atoms with Gasteiger partial charge >= 0.3 is 0 Å². The number of rotatable bonds is 7. The first kappa shape index (κ1) is 34.8. The van der Waals surface area contributed by atoms with Crippen molar-refractivity contribution in [2.45, 2.75) is 19.3 Å². The Balaban J connectivity index is 1.14. The quantitative estimate of drug-likeness (QED) is 0.161. The Bertz CT molecular complexity index is 3040. The van der Waals surface area contributed by atoms with Gasteiger partial charge in [0.15, 0.2) is 0 Å². The fourth-order valence-electron chi connectivity index (χ4n) is 9.22. The molecule has 9 aromatic carbocycles. The number of furan rings is 1. The van der Waals surface area contributed by atoms with Crippen molar-refractivity contribution >= 4 is 39.0 Å². The molecule has 1 heterocycles. The number of nitrogens with zero attached hydrogens (tertiary/aromatic N) is 1. The average molecular weight is 756 g/mol. The molecule has 0 unspecified atom stereocenters. The monoisotopic (exact) mass is 755 g/mol. The fraction of sp³-hybridized carbons (Fsp3) is 0.0526. The van der Waals surface area contributed by atoms with E-state index in [-0.39, 0.29) is 5.41 Å². The first-order valence-electron chi connectivity index (χ1n) is 20.4. The van der Waals surface area contributed by atoms with E-state index in [9.17, 15) is 0 Å². The van der Waals surface area contributed by atoms with Gasteiger partial charge in [-0.05, 0) is 104 Å². The minimum Gasteiger partial charge on any atom is -0.456 e. The summed E-state index contributed by atoms with van der Waals surface area (Å²) in [6.45, 7) is 4.73. The molecule has 10 aromatic rings. The molecule has 0 bridgehead atoms. The van der Waals surface area contributed by atoms with Crippen molar-refractivity contribution in [3.05, 3.63) is 223 Å². The largest absolute Gasteiger partial charge is 0.456 e. The summed E-state index contributed by atoms with van der Waals surface area (Å²) in [6, 6.07) is 76.7. The minimum atomic E-state index is -0.299. The van der Waals surface area contributed by atoms with Gasteiger partial charge in [0.25, 0.3) is 0 Å². The van der Waals surface area contributed by atoms with Gasteiger partial charge in [-0.3, -0.25) is 0 Å². The zero-order valence-corrected chi connectivity index (χ0v) is 33.1. The zero-order valence-electron chi connectivity index (χ0n) is 33.1. The van der Waals surface area contributed by atoms with E-state index in [0.29, 0.717) is 0 Å². The molecule has 0 atom stereocenters. The highest BCUT2D eigenvalue weighted by atomic mass is 16.3. The molecule has 0 amide bonds. The van der Waals surface area contributed by atoms with Crippen molar-refractivity contribution in [1.82, 2.24) is 0 Å². The SMILES string of the molecule is CC1(C)c2cc(-c3ccc(-c4ccccc4)cc3)ccc2-c2c1cc1oc3ccccc3c1c2N(c1ccc(-c2ccccc2)cc1)c1ccc(-c2ccccc2)cc1. The Kier molecular flexibility index (Phi) is 8.20.